The minimum Gasteiger partial charge on any atom is -0.467 e. The summed E-state index contributed by atoms with van der Waals surface area (Å²) in [5.41, 5.74) is 5.63. The van der Waals surface area contributed by atoms with Crippen molar-refractivity contribution in [3.8, 4) is 0 Å². The molecule has 1 aliphatic rings. The first-order chi connectivity index (χ1) is 9.61. The molecular formula is C16H26N2O2. The van der Waals surface area contributed by atoms with Crippen LogP contribution in [0.2, 0.25) is 0 Å². The molecule has 1 saturated carbocycles. The maximum absolute atomic E-state index is 12.9. The van der Waals surface area contributed by atoms with Gasteiger partial charge in [0.15, 0.2) is 0 Å². The summed E-state index contributed by atoms with van der Waals surface area (Å²) in [4.78, 5) is 14.8. The van der Waals surface area contributed by atoms with Crippen LogP contribution in [0, 0.1) is 11.3 Å². The molecule has 1 aromatic rings. The molecule has 1 heterocycles. The lowest BCUT2D eigenvalue weighted by molar-refractivity contribution is -0.144. The van der Waals surface area contributed by atoms with Gasteiger partial charge in [-0.05, 0) is 50.7 Å². The third-order valence-corrected chi connectivity index (χ3v) is 4.67. The lowest BCUT2D eigenvalue weighted by Crippen LogP contribution is -2.49. The summed E-state index contributed by atoms with van der Waals surface area (Å²) in [6.45, 7) is 5.95. The van der Waals surface area contributed by atoms with Gasteiger partial charge in [-0.15, -0.1) is 0 Å². The van der Waals surface area contributed by atoms with Crippen LogP contribution < -0.4 is 5.73 Å². The maximum Gasteiger partial charge on any atom is 0.230 e. The molecule has 0 atom stereocenters. The van der Waals surface area contributed by atoms with Crippen LogP contribution in [0.1, 0.15) is 45.3 Å². The van der Waals surface area contributed by atoms with Crippen molar-refractivity contribution in [3.63, 3.8) is 0 Å². The van der Waals surface area contributed by atoms with Gasteiger partial charge in [0.2, 0.25) is 5.91 Å². The Morgan fingerprint density at radius 3 is 2.70 bits per heavy atom. The first kappa shape index (κ1) is 15.1. The van der Waals surface area contributed by atoms with Gasteiger partial charge in [-0.1, -0.05) is 6.92 Å². The summed E-state index contributed by atoms with van der Waals surface area (Å²) in [5, 5.41) is 0. The van der Waals surface area contributed by atoms with Crippen molar-refractivity contribution in [2.24, 2.45) is 17.1 Å². The molecule has 0 aromatic carbocycles. The molecule has 0 spiro atoms. The van der Waals surface area contributed by atoms with E-state index >= 15 is 0 Å². The van der Waals surface area contributed by atoms with E-state index in [1.54, 1.807) is 6.26 Å². The Morgan fingerprint density at radius 1 is 1.50 bits per heavy atom. The van der Waals surface area contributed by atoms with Crippen LogP contribution in [-0.4, -0.2) is 23.9 Å². The number of furan rings is 1. The highest BCUT2D eigenvalue weighted by molar-refractivity contribution is 5.83. The number of carbonyl (C=O) groups excluding carboxylic acids is 1. The fraction of sp³-hybridized carbons (Fsp3) is 0.688. The highest BCUT2D eigenvalue weighted by atomic mass is 16.3. The Morgan fingerprint density at radius 2 is 2.20 bits per heavy atom. The smallest absolute Gasteiger partial charge is 0.230 e. The van der Waals surface area contributed by atoms with E-state index in [0.717, 1.165) is 31.4 Å². The van der Waals surface area contributed by atoms with Crippen LogP contribution >= 0.6 is 0 Å². The van der Waals surface area contributed by atoms with Crippen LogP contribution in [0.5, 0.6) is 0 Å². The molecule has 1 aliphatic carbocycles. The van der Waals surface area contributed by atoms with Gasteiger partial charge < -0.3 is 15.1 Å². The zero-order valence-corrected chi connectivity index (χ0v) is 12.6. The molecule has 0 bridgehead atoms. The van der Waals surface area contributed by atoms with Crippen molar-refractivity contribution in [1.29, 1.82) is 0 Å². The van der Waals surface area contributed by atoms with Crippen molar-refractivity contribution in [2.45, 2.75) is 46.1 Å². The normalized spacial score (nSPS) is 26.4. The topological polar surface area (TPSA) is 59.5 Å². The second kappa shape index (κ2) is 6.44. The Labute approximate surface area is 121 Å². The van der Waals surface area contributed by atoms with Crippen molar-refractivity contribution in [1.82, 2.24) is 4.90 Å². The standard InChI is InChI=1S/C16H26N2O2/c1-3-18(11-14-5-4-10-20-14)15(19)16(12-17)8-6-13(2)7-9-16/h4-5,10,13H,3,6-9,11-12,17H2,1-2H3. The first-order valence-corrected chi connectivity index (χ1v) is 7.63. The third-order valence-electron chi connectivity index (χ3n) is 4.67. The number of nitrogens with zero attached hydrogens (tertiary/aromatic N) is 1. The van der Waals surface area contributed by atoms with Crippen molar-refractivity contribution in [2.75, 3.05) is 13.1 Å². The van der Waals surface area contributed by atoms with E-state index in [-0.39, 0.29) is 11.3 Å². The highest BCUT2D eigenvalue weighted by Crippen LogP contribution is 2.39. The zero-order chi connectivity index (χ0) is 14.6. The Balaban J connectivity index is 2.09. The number of nitrogens with two attached hydrogens (primary N) is 1. The number of amides is 1. The number of carbonyl (C=O) groups is 1. The van der Waals surface area contributed by atoms with E-state index in [4.69, 9.17) is 10.2 Å². The molecule has 1 amide bonds. The fourth-order valence-electron chi connectivity index (χ4n) is 3.07. The van der Waals surface area contributed by atoms with Crippen LogP contribution in [0.25, 0.3) is 0 Å². The lowest BCUT2D eigenvalue weighted by atomic mass is 9.70. The molecule has 0 aliphatic heterocycles. The number of hydrogen-bond donors (Lipinski definition) is 1. The fourth-order valence-corrected chi connectivity index (χ4v) is 3.07. The molecule has 1 aromatic heterocycles. The van der Waals surface area contributed by atoms with Crippen LogP contribution in [0.4, 0.5) is 0 Å². The summed E-state index contributed by atoms with van der Waals surface area (Å²) >= 11 is 0. The summed E-state index contributed by atoms with van der Waals surface area (Å²) < 4.78 is 5.36. The SMILES string of the molecule is CCN(Cc1ccco1)C(=O)C1(CN)CCC(C)CC1. The predicted molar refractivity (Wildman–Crippen MR) is 78.9 cm³/mol. The van der Waals surface area contributed by atoms with Gasteiger partial charge in [0.05, 0.1) is 18.2 Å². The third kappa shape index (κ3) is 3.06. The second-order valence-corrected chi connectivity index (χ2v) is 6.07. The Bertz CT molecular complexity index is 420. The predicted octanol–water partition coefficient (Wildman–Crippen LogP) is 2.78. The molecule has 0 unspecified atom stereocenters. The summed E-state index contributed by atoms with van der Waals surface area (Å²) in [5.74, 6) is 1.74. The van der Waals surface area contributed by atoms with Crippen LogP contribution in [0.3, 0.4) is 0 Å². The minimum atomic E-state index is -0.352. The average Bonchev–Trinajstić information content (AvgIpc) is 2.98. The Hall–Kier alpha value is -1.29. The van der Waals surface area contributed by atoms with Gasteiger partial charge >= 0.3 is 0 Å². The zero-order valence-electron chi connectivity index (χ0n) is 12.6. The molecule has 4 nitrogen and oxygen atoms in total. The molecule has 1 fully saturated rings. The molecule has 112 valence electrons. The van der Waals surface area contributed by atoms with E-state index in [1.807, 2.05) is 24.0 Å². The lowest BCUT2D eigenvalue weighted by Gasteiger charge is -2.40. The largest absolute Gasteiger partial charge is 0.467 e. The van der Waals surface area contributed by atoms with Crippen LogP contribution in [-0.2, 0) is 11.3 Å². The van der Waals surface area contributed by atoms with Gasteiger partial charge in [-0.2, -0.15) is 0 Å². The molecular weight excluding hydrogens is 252 g/mol. The van der Waals surface area contributed by atoms with Gasteiger partial charge in [0.25, 0.3) is 0 Å². The molecule has 2 rings (SSSR count). The number of hydrogen-bond acceptors (Lipinski definition) is 3. The Kier molecular flexibility index (Phi) is 4.86. The molecule has 0 saturated heterocycles. The molecule has 2 N–H and O–H groups in total. The average molecular weight is 278 g/mol. The first-order valence-electron chi connectivity index (χ1n) is 7.63. The van der Waals surface area contributed by atoms with E-state index in [2.05, 4.69) is 6.92 Å². The van der Waals surface area contributed by atoms with Gasteiger partial charge in [-0.3, -0.25) is 4.79 Å². The van der Waals surface area contributed by atoms with Crippen molar-refractivity contribution in [3.05, 3.63) is 24.2 Å². The summed E-state index contributed by atoms with van der Waals surface area (Å²) in [6.07, 6.45) is 5.67. The van der Waals surface area contributed by atoms with E-state index in [0.29, 0.717) is 25.6 Å². The summed E-state index contributed by atoms with van der Waals surface area (Å²) in [6, 6.07) is 3.77. The second-order valence-electron chi connectivity index (χ2n) is 6.07. The molecule has 20 heavy (non-hydrogen) atoms. The van der Waals surface area contributed by atoms with E-state index in [9.17, 15) is 4.79 Å². The molecule has 4 heteroatoms. The highest BCUT2D eigenvalue weighted by Gasteiger charge is 2.42. The monoisotopic (exact) mass is 278 g/mol. The van der Waals surface area contributed by atoms with Gasteiger partial charge in [0, 0.05) is 13.1 Å². The van der Waals surface area contributed by atoms with Crippen LogP contribution in [0.15, 0.2) is 22.8 Å². The number of rotatable bonds is 5. The van der Waals surface area contributed by atoms with E-state index < -0.39 is 0 Å². The van der Waals surface area contributed by atoms with Gasteiger partial charge in [-0.25, -0.2) is 0 Å². The maximum atomic E-state index is 12.9. The van der Waals surface area contributed by atoms with E-state index in [1.165, 1.54) is 0 Å². The van der Waals surface area contributed by atoms with Gasteiger partial charge in [0.1, 0.15) is 5.76 Å². The minimum absolute atomic E-state index is 0.200. The summed E-state index contributed by atoms with van der Waals surface area (Å²) in [7, 11) is 0. The van der Waals surface area contributed by atoms with Crippen molar-refractivity contribution < 1.29 is 9.21 Å². The van der Waals surface area contributed by atoms with Crippen molar-refractivity contribution >= 4 is 5.91 Å². The molecule has 0 radical (unpaired) electrons. The quantitative estimate of drug-likeness (QED) is 0.901.